The highest BCUT2D eigenvalue weighted by atomic mass is 35.5. The van der Waals surface area contributed by atoms with E-state index >= 15 is 0 Å². The Morgan fingerprint density at radius 3 is 2.67 bits per heavy atom. The molecule has 5 nitrogen and oxygen atoms in total. The smallest absolute Gasteiger partial charge is 0.219 e. The Labute approximate surface area is 147 Å². The summed E-state index contributed by atoms with van der Waals surface area (Å²) in [5.41, 5.74) is 0.625. The van der Waals surface area contributed by atoms with Crippen molar-refractivity contribution in [3.05, 3.63) is 34.6 Å². The molecule has 1 aliphatic heterocycles. The predicted molar refractivity (Wildman–Crippen MR) is 90.6 cm³/mol. The first kappa shape index (κ1) is 18.1. The fraction of sp³-hybridized carbons (Fsp3) is 0.625. The molecule has 0 amide bonds. The van der Waals surface area contributed by atoms with Gasteiger partial charge in [0.2, 0.25) is 10.0 Å². The van der Waals surface area contributed by atoms with E-state index in [0.717, 1.165) is 32.1 Å². The molecular formula is C16H22ClFN2O3S. The van der Waals surface area contributed by atoms with Crippen LogP contribution in [0, 0.1) is 5.82 Å². The molecule has 1 saturated heterocycles. The van der Waals surface area contributed by atoms with Gasteiger partial charge in [0.25, 0.3) is 0 Å². The van der Waals surface area contributed by atoms with Gasteiger partial charge in [-0.25, -0.2) is 17.5 Å². The van der Waals surface area contributed by atoms with E-state index in [2.05, 4.69) is 4.72 Å². The molecule has 1 heterocycles. The van der Waals surface area contributed by atoms with Crippen LogP contribution in [0.2, 0.25) is 5.02 Å². The van der Waals surface area contributed by atoms with Crippen molar-refractivity contribution < 1.29 is 17.6 Å². The summed E-state index contributed by atoms with van der Waals surface area (Å²) in [4.78, 5) is 5.46. The number of sulfonamides is 1. The van der Waals surface area contributed by atoms with E-state index in [1.54, 1.807) is 13.1 Å². The fourth-order valence-electron chi connectivity index (χ4n) is 3.52. The van der Waals surface area contributed by atoms with Crippen LogP contribution < -0.4 is 4.72 Å². The van der Waals surface area contributed by atoms with E-state index in [9.17, 15) is 12.8 Å². The van der Waals surface area contributed by atoms with Gasteiger partial charge >= 0.3 is 0 Å². The molecule has 0 radical (unpaired) electrons. The second kappa shape index (κ2) is 7.25. The summed E-state index contributed by atoms with van der Waals surface area (Å²) in [7, 11) is -1.89. The van der Waals surface area contributed by atoms with Crippen LogP contribution in [0.25, 0.3) is 0 Å². The van der Waals surface area contributed by atoms with Crippen LogP contribution in [0.4, 0.5) is 4.39 Å². The third-order valence-electron chi connectivity index (χ3n) is 4.81. The maximum atomic E-state index is 13.4. The SMILES string of the molecule is CN1OC[C@H](S(=O)(=O)NC2CCCCC2)[C@H]1c1ccc(F)c(Cl)c1. The topological polar surface area (TPSA) is 58.6 Å². The minimum Gasteiger partial charge on any atom is -0.297 e. The molecule has 1 saturated carbocycles. The normalized spacial score (nSPS) is 26.8. The molecule has 8 heteroatoms. The number of hydrogen-bond donors (Lipinski definition) is 1. The number of hydroxylamine groups is 2. The molecule has 2 aliphatic rings. The summed E-state index contributed by atoms with van der Waals surface area (Å²) >= 11 is 5.86. The zero-order chi connectivity index (χ0) is 17.3. The van der Waals surface area contributed by atoms with E-state index in [4.69, 9.17) is 16.4 Å². The third-order valence-corrected chi connectivity index (χ3v) is 6.95. The van der Waals surface area contributed by atoms with Gasteiger partial charge in [-0.05, 0) is 30.5 Å². The molecule has 0 aromatic heterocycles. The fourth-order valence-corrected chi connectivity index (χ4v) is 5.49. The molecule has 1 aromatic carbocycles. The summed E-state index contributed by atoms with van der Waals surface area (Å²) in [6, 6.07) is 3.74. The van der Waals surface area contributed by atoms with Crippen LogP contribution in [0.1, 0.15) is 43.7 Å². The maximum Gasteiger partial charge on any atom is 0.219 e. The van der Waals surface area contributed by atoms with E-state index in [0.29, 0.717) is 5.56 Å². The van der Waals surface area contributed by atoms with Crippen LogP contribution in [-0.4, -0.2) is 38.4 Å². The minimum atomic E-state index is -3.57. The Morgan fingerprint density at radius 1 is 1.29 bits per heavy atom. The van der Waals surface area contributed by atoms with Gasteiger partial charge in [-0.2, -0.15) is 5.06 Å². The lowest BCUT2D eigenvalue weighted by molar-refractivity contribution is -0.110. The maximum absolute atomic E-state index is 13.4. The number of hydrogen-bond acceptors (Lipinski definition) is 4. The molecule has 1 aromatic rings. The van der Waals surface area contributed by atoms with Crippen molar-refractivity contribution in [1.82, 2.24) is 9.79 Å². The van der Waals surface area contributed by atoms with Gasteiger partial charge in [-0.1, -0.05) is 36.9 Å². The first-order valence-electron chi connectivity index (χ1n) is 8.20. The molecule has 24 heavy (non-hydrogen) atoms. The van der Waals surface area contributed by atoms with Crippen molar-refractivity contribution in [1.29, 1.82) is 0 Å². The Balaban J connectivity index is 1.83. The summed E-state index contributed by atoms with van der Waals surface area (Å²) in [5.74, 6) is -0.526. The largest absolute Gasteiger partial charge is 0.297 e. The first-order chi connectivity index (χ1) is 11.4. The van der Waals surface area contributed by atoms with Crippen molar-refractivity contribution in [3.8, 4) is 0 Å². The van der Waals surface area contributed by atoms with Gasteiger partial charge in [-0.3, -0.25) is 4.84 Å². The zero-order valence-corrected chi connectivity index (χ0v) is 15.1. The number of halogens is 2. The van der Waals surface area contributed by atoms with Crippen LogP contribution in [0.3, 0.4) is 0 Å². The van der Waals surface area contributed by atoms with Crippen molar-refractivity contribution in [2.24, 2.45) is 0 Å². The van der Waals surface area contributed by atoms with Gasteiger partial charge in [0.1, 0.15) is 11.1 Å². The third kappa shape index (κ3) is 3.75. The number of rotatable bonds is 4. The molecular weight excluding hydrogens is 355 g/mol. The first-order valence-corrected chi connectivity index (χ1v) is 10.1. The Morgan fingerprint density at radius 2 is 2.00 bits per heavy atom. The average molecular weight is 377 g/mol. The number of nitrogens with one attached hydrogen (secondary N) is 1. The Kier molecular flexibility index (Phi) is 5.46. The standard InChI is InChI=1S/C16H22ClFN2O3S/c1-20-16(11-7-8-14(18)13(17)9-11)15(10-23-20)24(21,22)19-12-5-3-2-4-6-12/h7-9,12,15-16,19H,2-6,10H2,1H3/t15-,16+/m0/s1. The summed E-state index contributed by atoms with van der Waals surface area (Å²) < 4.78 is 42.0. The molecule has 0 bridgehead atoms. The van der Waals surface area contributed by atoms with E-state index < -0.39 is 27.1 Å². The van der Waals surface area contributed by atoms with Crippen LogP contribution in [-0.2, 0) is 14.9 Å². The molecule has 2 atom stereocenters. The highest BCUT2D eigenvalue weighted by Gasteiger charge is 2.44. The molecule has 134 valence electrons. The van der Waals surface area contributed by atoms with E-state index in [1.807, 2.05) is 0 Å². The van der Waals surface area contributed by atoms with Crippen LogP contribution >= 0.6 is 11.6 Å². The molecule has 2 fully saturated rings. The van der Waals surface area contributed by atoms with Crippen LogP contribution in [0.5, 0.6) is 0 Å². The Hall–Kier alpha value is -0.730. The van der Waals surface area contributed by atoms with Gasteiger partial charge in [0.05, 0.1) is 17.7 Å². The lowest BCUT2D eigenvalue weighted by atomic mass is 9.96. The quantitative estimate of drug-likeness (QED) is 0.877. The molecule has 3 rings (SSSR count). The van der Waals surface area contributed by atoms with E-state index in [1.165, 1.54) is 17.2 Å². The second-order valence-corrected chi connectivity index (χ2v) is 8.83. The lowest BCUT2D eigenvalue weighted by Gasteiger charge is -2.27. The van der Waals surface area contributed by atoms with Crippen LogP contribution in [0.15, 0.2) is 18.2 Å². The number of nitrogens with zero attached hydrogens (tertiary/aromatic N) is 1. The van der Waals surface area contributed by atoms with Crippen molar-refractivity contribution in [3.63, 3.8) is 0 Å². The van der Waals surface area contributed by atoms with E-state index in [-0.39, 0.29) is 17.7 Å². The highest BCUT2D eigenvalue weighted by Crippen LogP contribution is 2.35. The minimum absolute atomic E-state index is 0.00730. The van der Waals surface area contributed by atoms with Crippen molar-refractivity contribution in [2.45, 2.75) is 49.4 Å². The van der Waals surface area contributed by atoms with Crippen molar-refractivity contribution >= 4 is 21.6 Å². The predicted octanol–water partition coefficient (Wildman–Crippen LogP) is 3.02. The summed E-state index contributed by atoms with van der Waals surface area (Å²) in [6.07, 6.45) is 4.99. The average Bonchev–Trinajstić information content (AvgIpc) is 2.93. The zero-order valence-electron chi connectivity index (χ0n) is 13.5. The molecule has 0 spiro atoms. The monoisotopic (exact) mass is 376 g/mol. The molecule has 0 unspecified atom stereocenters. The molecule has 1 N–H and O–H groups in total. The van der Waals surface area contributed by atoms with Gasteiger partial charge in [0, 0.05) is 13.1 Å². The van der Waals surface area contributed by atoms with Gasteiger partial charge in [0.15, 0.2) is 0 Å². The highest BCUT2D eigenvalue weighted by molar-refractivity contribution is 7.90. The van der Waals surface area contributed by atoms with Gasteiger partial charge in [-0.15, -0.1) is 0 Å². The number of benzene rings is 1. The lowest BCUT2D eigenvalue weighted by Crippen LogP contribution is -2.44. The second-order valence-electron chi connectivity index (χ2n) is 6.50. The van der Waals surface area contributed by atoms with Crippen molar-refractivity contribution in [2.75, 3.05) is 13.7 Å². The Bertz CT molecular complexity index is 695. The summed E-state index contributed by atoms with van der Waals surface area (Å²) in [5, 5.41) is 0.726. The summed E-state index contributed by atoms with van der Waals surface area (Å²) in [6.45, 7) is 0.0677. The molecule has 1 aliphatic carbocycles. The van der Waals surface area contributed by atoms with Gasteiger partial charge < -0.3 is 0 Å².